The van der Waals surface area contributed by atoms with Crippen LogP contribution in [-0.2, 0) is 22.3 Å². The minimum absolute atomic E-state index is 0.0432. The molecule has 0 saturated carbocycles. The normalized spacial score (nSPS) is 11.4. The van der Waals surface area contributed by atoms with E-state index in [0.29, 0.717) is 57.9 Å². The average Bonchev–Trinajstić information content (AvgIpc) is 3.60. The van der Waals surface area contributed by atoms with E-state index in [1.807, 2.05) is 88.4 Å². The van der Waals surface area contributed by atoms with Gasteiger partial charge in [-0.15, -0.1) is 0 Å². The first-order valence-corrected chi connectivity index (χ1v) is 16.4. The number of rotatable bonds is 9. The zero-order chi connectivity index (χ0) is 34.3. The number of ether oxygens (including phenoxy) is 2. The number of hydrogen-bond acceptors (Lipinski definition) is 6. The fourth-order valence-electron chi connectivity index (χ4n) is 7.00. The zero-order valence-electron chi connectivity index (χ0n) is 28.1. The van der Waals surface area contributed by atoms with E-state index in [1.54, 1.807) is 13.8 Å². The lowest BCUT2D eigenvalue weighted by Gasteiger charge is -2.19. The van der Waals surface area contributed by atoms with Crippen molar-refractivity contribution >= 4 is 33.5 Å². The monoisotopic (exact) mass is 644 g/mol. The van der Waals surface area contributed by atoms with Crippen molar-refractivity contribution in [1.29, 1.82) is 0 Å². The Kier molecular flexibility index (Phi) is 8.75. The maximum Gasteiger partial charge on any atom is 0.355 e. The van der Waals surface area contributed by atoms with Crippen LogP contribution in [0.15, 0.2) is 60.7 Å². The molecule has 0 aliphatic heterocycles. The number of carbonyl (C=O) groups is 2. The van der Waals surface area contributed by atoms with Crippen molar-refractivity contribution < 1.29 is 29.3 Å². The Morgan fingerprint density at radius 1 is 0.625 bits per heavy atom. The number of phenols is 2. The number of carbonyl (C=O) groups excluding carboxylic acids is 2. The summed E-state index contributed by atoms with van der Waals surface area (Å²) in [6.45, 7) is 11.8. The van der Waals surface area contributed by atoms with Gasteiger partial charge < -0.3 is 29.7 Å². The molecule has 6 aromatic rings. The van der Waals surface area contributed by atoms with Gasteiger partial charge in [-0.05, 0) is 96.5 Å². The molecule has 8 nitrogen and oxygen atoms in total. The largest absolute Gasteiger partial charge is 0.507 e. The Morgan fingerprint density at radius 3 is 1.35 bits per heavy atom. The van der Waals surface area contributed by atoms with E-state index in [9.17, 15) is 19.8 Å². The molecule has 246 valence electrons. The van der Waals surface area contributed by atoms with Crippen molar-refractivity contribution in [1.82, 2.24) is 9.97 Å². The maximum absolute atomic E-state index is 12.9. The van der Waals surface area contributed by atoms with E-state index in [0.717, 1.165) is 43.8 Å². The van der Waals surface area contributed by atoms with E-state index in [2.05, 4.69) is 9.97 Å². The third kappa shape index (κ3) is 5.18. The number of fused-ring (bicyclic) bond motifs is 2. The van der Waals surface area contributed by atoms with Gasteiger partial charge in [0.25, 0.3) is 0 Å². The molecule has 4 aromatic carbocycles. The molecule has 0 spiro atoms. The summed E-state index contributed by atoms with van der Waals surface area (Å²) in [5.74, 6) is -0.984. The summed E-state index contributed by atoms with van der Waals surface area (Å²) in [5.41, 5.74) is 7.13. The fraction of sp³-hybridized carbons (Fsp3) is 0.250. The lowest BCUT2D eigenvalue weighted by molar-refractivity contribution is 0.0509. The van der Waals surface area contributed by atoms with Gasteiger partial charge >= 0.3 is 11.9 Å². The van der Waals surface area contributed by atoms with Gasteiger partial charge in [0.1, 0.15) is 22.9 Å². The average molecular weight is 645 g/mol. The molecular formula is C40H40N2O6. The van der Waals surface area contributed by atoms with Gasteiger partial charge in [-0.25, -0.2) is 9.59 Å². The molecule has 48 heavy (non-hydrogen) atoms. The molecule has 0 amide bonds. The van der Waals surface area contributed by atoms with Crippen LogP contribution in [0.3, 0.4) is 0 Å². The summed E-state index contributed by atoms with van der Waals surface area (Å²) < 4.78 is 10.7. The van der Waals surface area contributed by atoms with Crippen LogP contribution in [0.5, 0.6) is 11.5 Å². The van der Waals surface area contributed by atoms with Crippen LogP contribution in [0.25, 0.3) is 55.2 Å². The maximum atomic E-state index is 12.9. The second-order valence-electron chi connectivity index (χ2n) is 11.8. The van der Waals surface area contributed by atoms with Crippen molar-refractivity contribution in [3.05, 3.63) is 94.3 Å². The number of aromatic nitrogens is 2. The molecular weight excluding hydrogens is 604 g/mol. The van der Waals surface area contributed by atoms with Crippen molar-refractivity contribution in [2.24, 2.45) is 0 Å². The van der Waals surface area contributed by atoms with Gasteiger partial charge in [0.15, 0.2) is 0 Å². The molecule has 0 fully saturated rings. The Hall–Kier alpha value is -5.50. The van der Waals surface area contributed by atoms with Crippen LogP contribution in [-0.4, -0.2) is 45.3 Å². The Balaban J connectivity index is 1.70. The minimum atomic E-state index is -0.449. The summed E-state index contributed by atoms with van der Waals surface area (Å²) in [6.07, 6.45) is 1.18. The van der Waals surface area contributed by atoms with Crippen LogP contribution in [0.2, 0.25) is 0 Å². The van der Waals surface area contributed by atoms with Gasteiger partial charge in [-0.3, -0.25) is 0 Å². The van der Waals surface area contributed by atoms with E-state index in [1.165, 1.54) is 0 Å². The second-order valence-corrected chi connectivity index (χ2v) is 11.8. The molecule has 4 N–H and O–H groups in total. The van der Waals surface area contributed by atoms with Gasteiger partial charge in [-0.2, -0.15) is 0 Å². The van der Waals surface area contributed by atoms with E-state index >= 15 is 0 Å². The van der Waals surface area contributed by atoms with Gasteiger partial charge in [0, 0.05) is 22.3 Å². The molecule has 0 saturated heterocycles. The zero-order valence-corrected chi connectivity index (χ0v) is 28.1. The highest BCUT2D eigenvalue weighted by Crippen LogP contribution is 2.52. The number of H-pyrrole nitrogens is 2. The van der Waals surface area contributed by atoms with Gasteiger partial charge in [0.05, 0.1) is 24.6 Å². The van der Waals surface area contributed by atoms with Crippen molar-refractivity contribution in [2.45, 2.75) is 54.4 Å². The van der Waals surface area contributed by atoms with E-state index in [-0.39, 0.29) is 24.7 Å². The Labute approximate surface area is 279 Å². The van der Waals surface area contributed by atoms with E-state index < -0.39 is 11.9 Å². The molecule has 2 aromatic heterocycles. The quantitative estimate of drug-likeness (QED) is 0.116. The van der Waals surface area contributed by atoms with Crippen LogP contribution >= 0.6 is 0 Å². The molecule has 6 rings (SSSR count). The van der Waals surface area contributed by atoms with Crippen molar-refractivity contribution in [3.63, 3.8) is 0 Å². The highest BCUT2D eigenvalue weighted by molar-refractivity contribution is 6.14. The summed E-state index contributed by atoms with van der Waals surface area (Å²) in [7, 11) is 0. The predicted octanol–water partition coefficient (Wildman–Crippen LogP) is 9.16. The molecule has 0 aliphatic carbocycles. The predicted molar refractivity (Wildman–Crippen MR) is 190 cm³/mol. The summed E-state index contributed by atoms with van der Waals surface area (Å²) >= 11 is 0. The molecule has 0 bridgehead atoms. The minimum Gasteiger partial charge on any atom is -0.507 e. The molecule has 0 radical (unpaired) electrons. The van der Waals surface area contributed by atoms with Crippen molar-refractivity contribution in [3.8, 4) is 45.1 Å². The number of nitrogens with one attached hydrogen (secondary N) is 2. The van der Waals surface area contributed by atoms with Crippen LogP contribution in [0.1, 0.15) is 70.9 Å². The number of esters is 2. The topological polar surface area (TPSA) is 125 Å². The highest BCUT2D eigenvalue weighted by Gasteiger charge is 2.28. The van der Waals surface area contributed by atoms with Crippen LogP contribution < -0.4 is 0 Å². The second kappa shape index (κ2) is 13.0. The number of aromatic amines is 2. The molecule has 2 heterocycles. The van der Waals surface area contributed by atoms with E-state index in [4.69, 9.17) is 9.47 Å². The fourth-order valence-corrected chi connectivity index (χ4v) is 7.00. The van der Waals surface area contributed by atoms with Crippen LogP contribution in [0, 0.1) is 13.8 Å². The third-order valence-corrected chi connectivity index (χ3v) is 9.26. The summed E-state index contributed by atoms with van der Waals surface area (Å²) in [5, 5.41) is 27.8. The molecule has 0 aliphatic rings. The van der Waals surface area contributed by atoms with Gasteiger partial charge in [-0.1, -0.05) is 62.4 Å². The SMILES string of the molecule is CCOC(=O)c1[nH]c(-c2cc3ccccc3c(-c3c(O)c(-c4[nH]c(C(=O)OCC)c(CC)c4C)cc4ccccc34)c2O)c(C)c1CC. The first-order chi connectivity index (χ1) is 23.2. The van der Waals surface area contributed by atoms with Crippen molar-refractivity contribution in [2.75, 3.05) is 13.2 Å². The Bertz CT molecular complexity index is 2060. The first-order valence-electron chi connectivity index (χ1n) is 16.4. The third-order valence-electron chi connectivity index (χ3n) is 9.26. The Morgan fingerprint density at radius 2 is 1.00 bits per heavy atom. The standard InChI is InChI=1S/C40H40N2O6/c1-7-25-21(5)33(41-35(25)39(45)47-9-3)29-19-23-15-11-13-17-27(23)31(37(29)43)32-28-18-14-12-16-24(28)20-30(38(32)44)34-22(6)26(8-2)36(42-34)40(46)48-10-4/h11-20,41-44H,7-10H2,1-6H3. The number of benzene rings is 4. The number of hydrogen-bond donors (Lipinski definition) is 4. The number of aromatic hydroxyl groups is 2. The molecule has 0 atom stereocenters. The van der Waals surface area contributed by atoms with Gasteiger partial charge in [0.2, 0.25) is 0 Å². The summed E-state index contributed by atoms with van der Waals surface area (Å²) in [4.78, 5) is 32.4. The number of phenolic OH excluding ortho intramolecular Hbond substituents is 2. The lowest BCUT2D eigenvalue weighted by Crippen LogP contribution is -2.07. The first kappa shape index (κ1) is 32.4. The van der Waals surface area contributed by atoms with Crippen LogP contribution in [0.4, 0.5) is 0 Å². The smallest absolute Gasteiger partial charge is 0.355 e. The lowest BCUT2D eigenvalue weighted by atomic mass is 9.87. The highest BCUT2D eigenvalue weighted by atomic mass is 16.5. The molecule has 0 unspecified atom stereocenters. The summed E-state index contributed by atoms with van der Waals surface area (Å²) in [6, 6.07) is 19.2. The molecule has 8 heteroatoms.